The largest absolute Gasteiger partial charge is 0.497 e. The van der Waals surface area contributed by atoms with Crippen molar-refractivity contribution in [3.05, 3.63) is 52.3 Å². The topological polar surface area (TPSA) is 48.4 Å². The second-order valence-electron chi connectivity index (χ2n) is 3.78. The van der Waals surface area contributed by atoms with Gasteiger partial charge in [0.2, 0.25) is 0 Å². The first-order valence-corrected chi connectivity index (χ1v) is 6.38. The summed E-state index contributed by atoms with van der Waals surface area (Å²) in [4.78, 5) is 15.2. The van der Waals surface area contributed by atoms with E-state index < -0.39 is 0 Å². The molecule has 2 aromatic rings. The van der Waals surface area contributed by atoms with Crippen LogP contribution in [0.4, 0.5) is 0 Å². The van der Waals surface area contributed by atoms with Gasteiger partial charge in [-0.1, -0.05) is 0 Å². The van der Waals surface area contributed by atoms with Gasteiger partial charge in [-0.15, -0.1) is 0 Å². The Balaban J connectivity index is 2.10. The van der Waals surface area contributed by atoms with Gasteiger partial charge in [0.15, 0.2) is 6.29 Å². The van der Waals surface area contributed by atoms with Crippen molar-refractivity contribution in [3.8, 4) is 11.5 Å². The number of hydrogen-bond acceptors (Lipinski definition) is 4. The molecule has 0 N–H and O–H groups in total. The molecule has 0 spiro atoms. The van der Waals surface area contributed by atoms with Crippen molar-refractivity contribution in [2.75, 3.05) is 7.11 Å². The minimum absolute atomic E-state index is 0.306. The van der Waals surface area contributed by atoms with Gasteiger partial charge in [0, 0.05) is 10.7 Å². The number of nitrogens with zero attached hydrogens (tertiary/aromatic N) is 1. The van der Waals surface area contributed by atoms with Crippen LogP contribution in [0.1, 0.15) is 16.1 Å². The molecule has 0 fully saturated rings. The lowest BCUT2D eigenvalue weighted by atomic mass is 10.2. The Labute approximate surface area is 119 Å². The fourth-order valence-corrected chi connectivity index (χ4v) is 1.76. The Morgan fingerprint density at radius 3 is 2.79 bits per heavy atom. The van der Waals surface area contributed by atoms with Crippen LogP contribution in [0.15, 0.2) is 41.0 Å². The highest BCUT2D eigenvalue weighted by atomic mass is 79.9. The van der Waals surface area contributed by atoms with Crippen LogP contribution >= 0.6 is 15.9 Å². The molecule has 0 atom stereocenters. The van der Waals surface area contributed by atoms with Crippen molar-refractivity contribution in [2.24, 2.45) is 0 Å². The van der Waals surface area contributed by atoms with Crippen LogP contribution in [0, 0.1) is 0 Å². The van der Waals surface area contributed by atoms with E-state index in [9.17, 15) is 4.79 Å². The monoisotopic (exact) mass is 321 g/mol. The molecular formula is C14H12BrNO3. The third-order valence-electron chi connectivity index (χ3n) is 2.51. The predicted molar refractivity (Wildman–Crippen MR) is 74.7 cm³/mol. The van der Waals surface area contributed by atoms with Crippen molar-refractivity contribution >= 4 is 22.2 Å². The molecule has 19 heavy (non-hydrogen) atoms. The molecule has 0 aliphatic rings. The van der Waals surface area contributed by atoms with Crippen LogP contribution in [0.2, 0.25) is 0 Å². The van der Waals surface area contributed by atoms with E-state index in [1.54, 1.807) is 31.5 Å². The summed E-state index contributed by atoms with van der Waals surface area (Å²) < 4.78 is 11.6. The highest BCUT2D eigenvalue weighted by Crippen LogP contribution is 2.23. The molecule has 0 aliphatic heterocycles. The molecule has 1 aromatic carbocycles. The molecular weight excluding hydrogens is 310 g/mol. The van der Waals surface area contributed by atoms with Crippen LogP contribution in [0.5, 0.6) is 11.5 Å². The van der Waals surface area contributed by atoms with E-state index in [-0.39, 0.29) is 0 Å². The van der Waals surface area contributed by atoms with Gasteiger partial charge in [0.25, 0.3) is 0 Å². The number of aromatic nitrogens is 1. The van der Waals surface area contributed by atoms with Gasteiger partial charge in [-0.05, 0) is 46.3 Å². The average molecular weight is 322 g/mol. The fourth-order valence-electron chi connectivity index (χ4n) is 1.52. The first kappa shape index (κ1) is 13.5. The fraction of sp³-hybridized carbons (Fsp3) is 0.143. The summed E-state index contributed by atoms with van der Waals surface area (Å²) in [7, 11) is 1.55. The van der Waals surface area contributed by atoms with Crippen molar-refractivity contribution < 1.29 is 14.3 Å². The van der Waals surface area contributed by atoms with Crippen molar-refractivity contribution in [1.82, 2.24) is 4.98 Å². The van der Waals surface area contributed by atoms with Crippen molar-refractivity contribution in [2.45, 2.75) is 6.61 Å². The Morgan fingerprint density at radius 2 is 2.16 bits per heavy atom. The standard InChI is InChI=1S/C14H12BrNO3/c1-18-13-4-5-14(10(6-13)8-17)19-9-12-3-2-11(15)7-16-12/h2-8H,9H2,1H3. The molecule has 0 amide bonds. The Kier molecular flexibility index (Phi) is 4.52. The van der Waals surface area contributed by atoms with Crippen LogP contribution < -0.4 is 9.47 Å². The molecule has 1 aromatic heterocycles. The number of benzene rings is 1. The van der Waals surface area contributed by atoms with E-state index in [1.807, 2.05) is 12.1 Å². The summed E-state index contributed by atoms with van der Waals surface area (Å²) in [5.74, 6) is 1.14. The van der Waals surface area contributed by atoms with Crippen LogP contribution in [0.3, 0.4) is 0 Å². The van der Waals surface area contributed by atoms with Gasteiger partial charge in [-0.3, -0.25) is 9.78 Å². The molecule has 4 nitrogen and oxygen atoms in total. The number of rotatable bonds is 5. The van der Waals surface area contributed by atoms with Gasteiger partial charge >= 0.3 is 0 Å². The number of halogens is 1. The summed E-state index contributed by atoms with van der Waals surface area (Å²) in [6, 6.07) is 8.84. The van der Waals surface area contributed by atoms with E-state index in [2.05, 4.69) is 20.9 Å². The zero-order valence-electron chi connectivity index (χ0n) is 10.3. The predicted octanol–water partition coefficient (Wildman–Crippen LogP) is 3.24. The number of methoxy groups -OCH3 is 1. The van der Waals surface area contributed by atoms with E-state index in [4.69, 9.17) is 9.47 Å². The van der Waals surface area contributed by atoms with E-state index in [0.29, 0.717) is 23.7 Å². The molecule has 5 heteroatoms. The summed E-state index contributed by atoms with van der Waals surface area (Å²) in [5, 5.41) is 0. The maximum absolute atomic E-state index is 11.0. The average Bonchev–Trinajstić information content (AvgIpc) is 2.46. The van der Waals surface area contributed by atoms with Gasteiger partial charge in [-0.25, -0.2) is 0 Å². The molecule has 2 rings (SSSR count). The molecule has 0 radical (unpaired) electrons. The molecule has 0 aliphatic carbocycles. The first-order chi connectivity index (χ1) is 9.22. The minimum Gasteiger partial charge on any atom is -0.497 e. The number of ether oxygens (including phenoxy) is 2. The van der Waals surface area contributed by atoms with Crippen molar-refractivity contribution in [3.63, 3.8) is 0 Å². The number of pyridine rings is 1. The number of hydrogen-bond donors (Lipinski definition) is 0. The highest BCUT2D eigenvalue weighted by Gasteiger charge is 2.05. The first-order valence-electron chi connectivity index (χ1n) is 5.59. The summed E-state index contributed by atoms with van der Waals surface area (Å²) in [6.45, 7) is 0.306. The molecule has 98 valence electrons. The van der Waals surface area contributed by atoms with E-state index in [1.165, 1.54) is 0 Å². The van der Waals surface area contributed by atoms with Gasteiger partial charge < -0.3 is 9.47 Å². The third kappa shape index (κ3) is 3.54. The second kappa shape index (κ2) is 6.33. The van der Waals surface area contributed by atoms with E-state index >= 15 is 0 Å². The Morgan fingerprint density at radius 1 is 1.32 bits per heavy atom. The number of aldehydes is 1. The quantitative estimate of drug-likeness (QED) is 0.793. The molecule has 0 unspecified atom stereocenters. The van der Waals surface area contributed by atoms with Gasteiger partial charge in [0.05, 0.1) is 18.4 Å². The molecule has 1 heterocycles. The zero-order chi connectivity index (χ0) is 13.7. The van der Waals surface area contributed by atoms with Gasteiger partial charge in [0.1, 0.15) is 18.1 Å². The summed E-state index contributed by atoms with van der Waals surface area (Å²) in [5.41, 5.74) is 1.24. The van der Waals surface area contributed by atoms with Crippen LogP contribution in [-0.4, -0.2) is 18.4 Å². The lowest BCUT2D eigenvalue weighted by molar-refractivity contribution is 0.111. The smallest absolute Gasteiger partial charge is 0.153 e. The van der Waals surface area contributed by atoms with Crippen LogP contribution in [-0.2, 0) is 6.61 Å². The second-order valence-corrected chi connectivity index (χ2v) is 4.69. The Bertz CT molecular complexity index is 569. The summed E-state index contributed by atoms with van der Waals surface area (Å²) in [6.07, 6.45) is 2.44. The molecule has 0 saturated heterocycles. The van der Waals surface area contributed by atoms with E-state index in [0.717, 1.165) is 16.5 Å². The van der Waals surface area contributed by atoms with Gasteiger partial charge in [-0.2, -0.15) is 0 Å². The normalized spacial score (nSPS) is 10.0. The maximum atomic E-state index is 11.0. The van der Waals surface area contributed by atoms with Crippen molar-refractivity contribution in [1.29, 1.82) is 0 Å². The SMILES string of the molecule is COc1ccc(OCc2ccc(Br)cn2)c(C=O)c1. The molecule has 0 bridgehead atoms. The highest BCUT2D eigenvalue weighted by molar-refractivity contribution is 9.10. The van der Waals surface area contributed by atoms with Crippen LogP contribution in [0.25, 0.3) is 0 Å². The minimum atomic E-state index is 0.306. The lowest BCUT2D eigenvalue weighted by Crippen LogP contribution is -2.00. The number of carbonyl (C=O) groups is 1. The lowest BCUT2D eigenvalue weighted by Gasteiger charge is -2.09. The Hall–Kier alpha value is -1.88. The third-order valence-corrected chi connectivity index (χ3v) is 2.98. The summed E-state index contributed by atoms with van der Waals surface area (Å²) >= 11 is 3.32. The number of carbonyl (C=O) groups excluding carboxylic acids is 1. The maximum Gasteiger partial charge on any atom is 0.153 e. The zero-order valence-corrected chi connectivity index (χ0v) is 11.9. The molecule has 0 saturated carbocycles.